The van der Waals surface area contributed by atoms with Crippen molar-refractivity contribution < 1.29 is 9.53 Å². The summed E-state index contributed by atoms with van der Waals surface area (Å²) in [5.74, 6) is 0.972. The first-order valence-electron chi connectivity index (χ1n) is 5.02. The third kappa shape index (κ3) is 4.44. The van der Waals surface area contributed by atoms with E-state index in [-0.39, 0.29) is 5.97 Å². The number of carbonyl (C=O) groups excluding carboxylic acids is 1. The maximum absolute atomic E-state index is 11.0. The van der Waals surface area contributed by atoms with Gasteiger partial charge in [0, 0.05) is 12.6 Å². The van der Waals surface area contributed by atoms with E-state index in [1.807, 2.05) is 0 Å². The van der Waals surface area contributed by atoms with Gasteiger partial charge in [-0.15, -0.1) is 0 Å². The summed E-state index contributed by atoms with van der Waals surface area (Å²) in [6.45, 7) is 4.39. The Hall–Kier alpha value is -1.36. The molecule has 1 N–H and O–H groups in total. The average molecular weight is 244 g/mol. The summed E-state index contributed by atoms with van der Waals surface area (Å²) < 4.78 is 4.79. The third-order valence-electron chi connectivity index (χ3n) is 1.75. The van der Waals surface area contributed by atoms with Gasteiger partial charge < -0.3 is 10.1 Å². The van der Waals surface area contributed by atoms with Crippen LogP contribution in [-0.2, 0) is 9.53 Å². The van der Waals surface area contributed by atoms with Gasteiger partial charge in [0.2, 0.25) is 0 Å². The minimum Gasteiger partial charge on any atom is -0.466 e. The van der Waals surface area contributed by atoms with Crippen molar-refractivity contribution in [1.82, 2.24) is 9.97 Å². The van der Waals surface area contributed by atoms with Crippen LogP contribution in [0, 0.1) is 6.92 Å². The molecule has 1 heterocycles. The van der Waals surface area contributed by atoms with E-state index in [0.29, 0.717) is 36.4 Å². The predicted molar refractivity (Wildman–Crippen MR) is 61.5 cm³/mol. The molecule has 88 valence electrons. The fourth-order valence-corrected chi connectivity index (χ4v) is 1.37. The van der Waals surface area contributed by atoms with Crippen molar-refractivity contribution in [2.24, 2.45) is 0 Å². The number of anilines is 1. The number of hydrogen-bond donors (Lipinski definition) is 1. The summed E-state index contributed by atoms with van der Waals surface area (Å²) in [6.07, 6.45) is 0.300. The molecule has 1 aromatic heterocycles. The summed E-state index contributed by atoms with van der Waals surface area (Å²) in [6, 6.07) is 1.61. The second kappa shape index (κ2) is 6.27. The number of nitrogens with zero attached hydrogens (tertiary/aromatic N) is 2. The van der Waals surface area contributed by atoms with E-state index >= 15 is 0 Å². The van der Waals surface area contributed by atoms with E-state index in [1.54, 1.807) is 19.9 Å². The Balaban J connectivity index is 2.40. The quantitative estimate of drug-likeness (QED) is 0.631. The van der Waals surface area contributed by atoms with Crippen molar-refractivity contribution in [3.05, 3.63) is 17.0 Å². The van der Waals surface area contributed by atoms with Gasteiger partial charge in [-0.3, -0.25) is 4.79 Å². The van der Waals surface area contributed by atoms with Gasteiger partial charge in [0.1, 0.15) is 16.8 Å². The number of rotatable bonds is 5. The number of aryl methyl sites for hydroxylation is 1. The smallest absolute Gasteiger partial charge is 0.307 e. The van der Waals surface area contributed by atoms with Crippen molar-refractivity contribution in [1.29, 1.82) is 0 Å². The van der Waals surface area contributed by atoms with Crippen LogP contribution in [0.15, 0.2) is 6.07 Å². The molecule has 0 saturated carbocycles. The van der Waals surface area contributed by atoms with Crippen LogP contribution in [0.25, 0.3) is 0 Å². The zero-order chi connectivity index (χ0) is 12.0. The molecule has 1 aromatic rings. The fourth-order valence-electron chi connectivity index (χ4n) is 1.15. The highest BCUT2D eigenvalue weighted by Crippen LogP contribution is 2.10. The first kappa shape index (κ1) is 12.7. The minimum atomic E-state index is -0.230. The highest BCUT2D eigenvalue weighted by Gasteiger charge is 2.03. The molecule has 0 aliphatic carbocycles. The minimum absolute atomic E-state index is 0.230. The van der Waals surface area contributed by atoms with Crippen LogP contribution in [-0.4, -0.2) is 29.1 Å². The summed E-state index contributed by atoms with van der Waals surface area (Å²) in [5, 5.41) is 3.36. The van der Waals surface area contributed by atoms with Crippen molar-refractivity contribution in [3.8, 4) is 0 Å². The largest absolute Gasteiger partial charge is 0.466 e. The maximum Gasteiger partial charge on any atom is 0.307 e. The van der Waals surface area contributed by atoms with Gasteiger partial charge in [-0.25, -0.2) is 9.97 Å². The Bertz CT molecular complexity index is 351. The Morgan fingerprint density at radius 1 is 1.56 bits per heavy atom. The lowest BCUT2D eigenvalue weighted by Gasteiger charge is -2.06. The van der Waals surface area contributed by atoms with Gasteiger partial charge in [0.05, 0.1) is 13.0 Å². The molecule has 5 nitrogen and oxygen atoms in total. The lowest BCUT2D eigenvalue weighted by atomic mass is 10.4. The van der Waals surface area contributed by atoms with Crippen LogP contribution < -0.4 is 5.32 Å². The van der Waals surface area contributed by atoms with Gasteiger partial charge in [-0.05, 0) is 13.8 Å². The van der Waals surface area contributed by atoms with Gasteiger partial charge in [-0.2, -0.15) is 0 Å². The fraction of sp³-hybridized carbons (Fsp3) is 0.500. The number of aromatic nitrogens is 2. The Labute approximate surface area is 99.2 Å². The lowest BCUT2D eigenvalue weighted by molar-refractivity contribution is -0.142. The first-order chi connectivity index (χ1) is 7.61. The Morgan fingerprint density at radius 3 is 2.94 bits per heavy atom. The molecule has 0 unspecified atom stereocenters. The molecular weight excluding hydrogens is 230 g/mol. The maximum atomic E-state index is 11.0. The van der Waals surface area contributed by atoms with Gasteiger partial charge in [0.25, 0.3) is 0 Å². The van der Waals surface area contributed by atoms with E-state index < -0.39 is 0 Å². The molecule has 0 saturated heterocycles. The van der Waals surface area contributed by atoms with Gasteiger partial charge in [-0.1, -0.05) is 11.6 Å². The number of halogens is 1. The monoisotopic (exact) mass is 243 g/mol. The Morgan fingerprint density at radius 2 is 2.31 bits per heavy atom. The van der Waals surface area contributed by atoms with E-state index in [0.717, 1.165) is 0 Å². The summed E-state index contributed by atoms with van der Waals surface area (Å²) in [7, 11) is 0. The molecule has 0 atom stereocenters. The second-order valence-corrected chi connectivity index (χ2v) is 3.49. The van der Waals surface area contributed by atoms with Crippen LogP contribution in [0.3, 0.4) is 0 Å². The van der Waals surface area contributed by atoms with Crippen LogP contribution in [0.5, 0.6) is 0 Å². The van der Waals surface area contributed by atoms with E-state index in [4.69, 9.17) is 16.3 Å². The standard InChI is InChI=1S/C10H14ClN3O2/c1-3-16-10(15)4-5-12-9-6-8(11)13-7(2)14-9/h6H,3-5H2,1-2H3,(H,12,13,14). The lowest BCUT2D eigenvalue weighted by Crippen LogP contribution is -2.12. The zero-order valence-electron chi connectivity index (χ0n) is 9.29. The molecule has 0 fully saturated rings. The first-order valence-corrected chi connectivity index (χ1v) is 5.40. The normalized spacial score (nSPS) is 9.94. The SMILES string of the molecule is CCOC(=O)CCNc1cc(Cl)nc(C)n1. The van der Waals surface area contributed by atoms with E-state index in [9.17, 15) is 4.79 Å². The van der Waals surface area contributed by atoms with Crippen molar-refractivity contribution >= 4 is 23.4 Å². The number of ether oxygens (including phenoxy) is 1. The molecule has 6 heteroatoms. The molecule has 1 rings (SSSR count). The van der Waals surface area contributed by atoms with Crippen molar-refractivity contribution in [2.45, 2.75) is 20.3 Å². The van der Waals surface area contributed by atoms with E-state index in [1.165, 1.54) is 0 Å². The number of hydrogen-bond acceptors (Lipinski definition) is 5. The molecule has 0 spiro atoms. The third-order valence-corrected chi connectivity index (χ3v) is 1.94. The molecule has 0 radical (unpaired) electrons. The molecule has 0 amide bonds. The summed E-state index contributed by atoms with van der Waals surface area (Å²) in [5.41, 5.74) is 0. The molecule has 0 bridgehead atoms. The van der Waals surface area contributed by atoms with Crippen molar-refractivity contribution in [3.63, 3.8) is 0 Å². The second-order valence-electron chi connectivity index (χ2n) is 3.10. The molecule has 0 aromatic carbocycles. The van der Waals surface area contributed by atoms with Crippen LogP contribution in [0.4, 0.5) is 5.82 Å². The number of carbonyl (C=O) groups is 1. The van der Waals surface area contributed by atoms with E-state index in [2.05, 4.69) is 15.3 Å². The molecule has 16 heavy (non-hydrogen) atoms. The van der Waals surface area contributed by atoms with Gasteiger partial charge in [0.15, 0.2) is 0 Å². The molecular formula is C10H14ClN3O2. The molecule has 0 aliphatic rings. The Kier molecular flexibility index (Phi) is 4.98. The number of nitrogens with one attached hydrogen (secondary N) is 1. The van der Waals surface area contributed by atoms with Crippen LogP contribution in [0.2, 0.25) is 5.15 Å². The number of esters is 1. The van der Waals surface area contributed by atoms with Crippen molar-refractivity contribution in [2.75, 3.05) is 18.5 Å². The summed E-state index contributed by atoms with van der Waals surface area (Å²) >= 11 is 5.76. The zero-order valence-corrected chi connectivity index (χ0v) is 10.0. The highest BCUT2D eigenvalue weighted by molar-refractivity contribution is 6.29. The average Bonchev–Trinajstić information content (AvgIpc) is 2.16. The van der Waals surface area contributed by atoms with Crippen LogP contribution in [0.1, 0.15) is 19.2 Å². The van der Waals surface area contributed by atoms with Gasteiger partial charge >= 0.3 is 5.97 Å². The molecule has 0 aliphatic heterocycles. The summed E-state index contributed by atoms with van der Waals surface area (Å²) in [4.78, 5) is 19.1. The highest BCUT2D eigenvalue weighted by atomic mass is 35.5. The van der Waals surface area contributed by atoms with Crippen LogP contribution >= 0.6 is 11.6 Å². The topological polar surface area (TPSA) is 64.1 Å². The predicted octanol–water partition coefficient (Wildman–Crippen LogP) is 1.80.